The van der Waals surface area contributed by atoms with Crippen molar-refractivity contribution in [3.63, 3.8) is 0 Å². The number of fused-ring (bicyclic) bond motifs is 1. The highest BCUT2D eigenvalue weighted by molar-refractivity contribution is 5.99. The molecule has 6 heteroatoms. The van der Waals surface area contributed by atoms with Gasteiger partial charge in [0.25, 0.3) is 11.8 Å². The van der Waals surface area contributed by atoms with Gasteiger partial charge >= 0.3 is 0 Å². The van der Waals surface area contributed by atoms with Crippen LogP contribution in [0.1, 0.15) is 11.1 Å². The first-order valence-corrected chi connectivity index (χ1v) is 8.66. The van der Waals surface area contributed by atoms with Gasteiger partial charge in [-0.3, -0.25) is 9.59 Å². The quantitative estimate of drug-likeness (QED) is 0.797. The van der Waals surface area contributed by atoms with E-state index in [0.29, 0.717) is 29.4 Å². The van der Waals surface area contributed by atoms with Crippen LogP contribution >= 0.6 is 0 Å². The standard InChI is InChI=1S/C21H22N2O4/c1-4-9-23-17-8-7-16(11-19(17)27-13-21(23)25)22-20(24)12-26-18-10-14(2)5-6-15(18)3/h4-8,10-11H,1,9,12-13H2,2-3H3,(H,22,24). The number of ether oxygens (including phenoxy) is 2. The zero-order valence-corrected chi connectivity index (χ0v) is 15.5. The highest BCUT2D eigenvalue weighted by atomic mass is 16.5. The molecule has 1 N–H and O–H groups in total. The number of benzene rings is 2. The molecule has 0 fully saturated rings. The Morgan fingerprint density at radius 2 is 2.11 bits per heavy atom. The maximum atomic E-state index is 12.2. The van der Waals surface area contributed by atoms with E-state index in [-0.39, 0.29) is 25.0 Å². The lowest BCUT2D eigenvalue weighted by molar-refractivity contribution is -0.121. The second-order valence-electron chi connectivity index (χ2n) is 6.37. The summed E-state index contributed by atoms with van der Waals surface area (Å²) in [5.74, 6) is 0.842. The smallest absolute Gasteiger partial charge is 0.265 e. The molecule has 1 heterocycles. The second kappa shape index (κ2) is 7.95. The molecule has 0 unspecified atom stereocenters. The lowest BCUT2D eigenvalue weighted by Crippen LogP contribution is -2.38. The van der Waals surface area contributed by atoms with Crippen LogP contribution in [0.15, 0.2) is 49.1 Å². The Bertz CT molecular complexity index is 892. The van der Waals surface area contributed by atoms with E-state index in [1.807, 2.05) is 32.0 Å². The Kier molecular flexibility index (Phi) is 5.45. The van der Waals surface area contributed by atoms with Gasteiger partial charge in [0.2, 0.25) is 0 Å². The molecule has 0 aromatic heterocycles. The van der Waals surface area contributed by atoms with Crippen LogP contribution < -0.4 is 19.7 Å². The number of nitrogens with one attached hydrogen (secondary N) is 1. The largest absolute Gasteiger partial charge is 0.483 e. The number of aryl methyl sites for hydroxylation is 2. The van der Waals surface area contributed by atoms with E-state index in [4.69, 9.17) is 9.47 Å². The molecule has 2 aromatic carbocycles. The number of rotatable bonds is 6. The highest BCUT2D eigenvalue weighted by Gasteiger charge is 2.24. The van der Waals surface area contributed by atoms with Crippen LogP contribution in [0.4, 0.5) is 11.4 Å². The van der Waals surface area contributed by atoms with Gasteiger partial charge in [0.15, 0.2) is 13.2 Å². The summed E-state index contributed by atoms with van der Waals surface area (Å²) in [5, 5.41) is 2.79. The zero-order chi connectivity index (χ0) is 19.4. The summed E-state index contributed by atoms with van der Waals surface area (Å²) in [6, 6.07) is 11.0. The fraction of sp³-hybridized carbons (Fsp3) is 0.238. The van der Waals surface area contributed by atoms with Crippen LogP contribution in [0.2, 0.25) is 0 Å². The predicted octanol–water partition coefficient (Wildman–Crippen LogP) is 3.23. The van der Waals surface area contributed by atoms with Crippen molar-refractivity contribution in [3.05, 3.63) is 60.2 Å². The Morgan fingerprint density at radius 3 is 2.89 bits per heavy atom. The Balaban J connectivity index is 1.66. The first-order valence-electron chi connectivity index (χ1n) is 8.66. The molecule has 1 aliphatic rings. The lowest BCUT2D eigenvalue weighted by Gasteiger charge is -2.28. The molecular formula is C21H22N2O4. The van der Waals surface area contributed by atoms with Crippen molar-refractivity contribution in [3.8, 4) is 11.5 Å². The van der Waals surface area contributed by atoms with Crippen molar-refractivity contribution in [2.45, 2.75) is 13.8 Å². The molecule has 2 amide bonds. The number of nitrogens with zero attached hydrogens (tertiary/aromatic N) is 1. The molecule has 27 heavy (non-hydrogen) atoms. The zero-order valence-electron chi connectivity index (χ0n) is 15.5. The van der Waals surface area contributed by atoms with Crippen LogP contribution in [0.5, 0.6) is 11.5 Å². The third-order valence-electron chi connectivity index (χ3n) is 4.20. The average Bonchev–Trinajstić information content (AvgIpc) is 2.65. The van der Waals surface area contributed by atoms with Gasteiger partial charge in [0.05, 0.1) is 5.69 Å². The molecule has 0 radical (unpaired) electrons. The Labute approximate surface area is 158 Å². The van der Waals surface area contributed by atoms with Gasteiger partial charge in [-0.1, -0.05) is 18.2 Å². The van der Waals surface area contributed by atoms with Crippen molar-refractivity contribution in [1.29, 1.82) is 0 Å². The summed E-state index contributed by atoms with van der Waals surface area (Å²) in [7, 11) is 0. The summed E-state index contributed by atoms with van der Waals surface area (Å²) in [4.78, 5) is 25.8. The number of anilines is 2. The second-order valence-corrected chi connectivity index (χ2v) is 6.37. The molecule has 6 nitrogen and oxygen atoms in total. The Morgan fingerprint density at radius 1 is 1.30 bits per heavy atom. The average molecular weight is 366 g/mol. The SMILES string of the molecule is C=CCN1C(=O)COc2cc(NC(=O)COc3cc(C)ccc3C)ccc21. The molecule has 0 bridgehead atoms. The third kappa shape index (κ3) is 4.28. The van der Waals surface area contributed by atoms with Gasteiger partial charge in [0, 0.05) is 18.3 Å². The molecule has 3 rings (SSSR count). The molecule has 1 aliphatic heterocycles. The van der Waals surface area contributed by atoms with Crippen molar-refractivity contribution in [1.82, 2.24) is 0 Å². The molecule has 0 atom stereocenters. The maximum absolute atomic E-state index is 12.2. The van der Waals surface area contributed by atoms with Crippen LogP contribution in [-0.4, -0.2) is 31.6 Å². The number of amides is 2. The molecule has 0 spiro atoms. The monoisotopic (exact) mass is 366 g/mol. The van der Waals surface area contributed by atoms with Gasteiger partial charge in [0.1, 0.15) is 11.5 Å². The summed E-state index contributed by atoms with van der Waals surface area (Å²) in [5.41, 5.74) is 3.29. The fourth-order valence-corrected chi connectivity index (χ4v) is 2.81. The molecule has 0 saturated carbocycles. The van der Waals surface area contributed by atoms with E-state index < -0.39 is 0 Å². The minimum atomic E-state index is -0.273. The van der Waals surface area contributed by atoms with Crippen LogP contribution in [0.3, 0.4) is 0 Å². The molecule has 2 aromatic rings. The summed E-state index contributed by atoms with van der Waals surface area (Å²) >= 11 is 0. The summed E-state index contributed by atoms with van der Waals surface area (Å²) < 4.78 is 11.1. The van der Waals surface area contributed by atoms with Gasteiger partial charge in [-0.2, -0.15) is 0 Å². The number of hydrogen-bond acceptors (Lipinski definition) is 4. The van der Waals surface area contributed by atoms with E-state index in [2.05, 4.69) is 11.9 Å². The highest BCUT2D eigenvalue weighted by Crippen LogP contribution is 2.34. The molecule has 0 aliphatic carbocycles. The molecule has 0 saturated heterocycles. The minimum absolute atomic E-state index is 0.0337. The predicted molar refractivity (Wildman–Crippen MR) is 105 cm³/mol. The van der Waals surface area contributed by atoms with E-state index >= 15 is 0 Å². The van der Waals surface area contributed by atoms with E-state index in [9.17, 15) is 9.59 Å². The van der Waals surface area contributed by atoms with Gasteiger partial charge in [-0.05, 0) is 43.2 Å². The normalized spacial score (nSPS) is 12.8. The van der Waals surface area contributed by atoms with E-state index in [1.165, 1.54) is 0 Å². The first kappa shape index (κ1) is 18.5. The molecule has 140 valence electrons. The summed E-state index contributed by atoms with van der Waals surface area (Å²) in [6.07, 6.45) is 1.66. The first-order chi connectivity index (χ1) is 13.0. The van der Waals surface area contributed by atoms with E-state index in [0.717, 1.165) is 11.1 Å². The summed E-state index contributed by atoms with van der Waals surface area (Å²) in [6.45, 7) is 7.86. The molecular weight excluding hydrogens is 344 g/mol. The van der Waals surface area contributed by atoms with Crippen LogP contribution in [0, 0.1) is 13.8 Å². The van der Waals surface area contributed by atoms with Gasteiger partial charge in [-0.25, -0.2) is 0 Å². The van der Waals surface area contributed by atoms with Crippen LogP contribution in [0.25, 0.3) is 0 Å². The fourth-order valence-electron chi connectivity index (χ4n) is 2.81. The number of carbonyl (C=O) groups excluding carboxylic acids is 2. The third-order valence-corrected chi connectivity index (χ3v) is 4.20. The van der Waals surface area contributed by atoms with Gasteiger partial charge in [-0.15, -0.1) is 6.58 Å². The van der Waals surface area contributed by atoms with E-state index in [1.54, 1.807) is 29.2 Å². The maximum Gasteiger partial charge on any atom is 0.265 e. The van der Waals surface area contributed by atoms with Crippen molar-refractivity contribution in [2.24, 2.45) is 0 Å². The number of hydrogen-bond donors (Lipinski definition) is 1. The lowest BCUT2D eigenvalue weighted by atomic mass is 10.1. The minimum Gasteiger partial charge on any atom is -0.483 e. The number of carbonyl (C=O) groups is 2. The van der Waals surface area contributed by atoms with Crippen molar-refractivity contribution in [2.75, 3.05) is 30.0 Å². The Hall–Kier alpha value is -3.28. The topological polar surface area (TPSA) is 67.9 Å². The van der Waals surface area contributed by atoms with Crippen molar-refractivity contribution >= 4 is 23.2 Å². The van der Waals surface area contributed by atoms with Crippen molar-refractivity contribution < 1.29 is 19.1 Å². The van der Waals surface area contributed by atoms with Crippen LogP contribution in [-0.2, 0) is 9.59 Å². The van der Waals surface area contributed by atoms with Gasteiger partial charge < -0.3 is 19.7 Å².